The lowest BCUT2D eigenvalue weighted by Gasteiger charge is -2.20. The summed E-state index contributed by atoms with van der Waals surface area (Å²) in [4.78, 5) is 14.6. The van der Waals surface area contributed by atoms with E-state index in [2.05, 4.69) is 48.5 Å². The third-order valence-electron chi connectivity index (χ3n) is 4.99. The first-order valence-electron chi connectivity index (χ1n) is 8.96. The minimum absolute atomic E-state index is 0.0216. The summed E-state index contributed by atoms with van der Waals surface area (Å²) in [6.45, 7) is 1.32. The van der Waals surface area contributed by atoms with E-state index in [0.717, 1.165) is 5.56 Å². The van der Waals surface area contributed by atoms with E-state index in [-0.39, 0.29) is 5.91 Å². The zero-order valence-electron chi connectivity index (χ0n) is 14.6. The van der Waals surface area contributed by atoms with Gasteiger partial charge >= 0.3 is 0 Å². The normalized spacial score (nSPS) is 14.1. The van der Waals surface area contributed by atoms with Gasteiger partial charge in [-0.05, 0) is 34.2 Å². The van der Waals surface area contributed by atoms with Gasteiger partial charge in [0.15, 0.2) is 0 Å². The van der Waals surface area contributed by atoms with Crippen LogP contribution in [-0.2, 0) is 24.3 Å². The van der Waals surface area contributed by atoms with Crippen molar-refractivity contribution in [2.45, 2.75) is 25.6 Å². The monoisotopic (exact) mass is 342 g/mol. The van der Waals surface area contributed by atoms with Gasteiger partial charge < -0.3 is 10.6 Å². The summed E-state index contributed by atoms with van der Waals surface area (Å²) in [7, 11) is 0. The smallest absolute Gasteiger partial charge is 0.240 e. The maximum atomic E-state index is 12.7. The highest BCUT2D eigenvalue weighted by Gasteiger charge is 2.26. The van der Waals surface area contributed by atoms with Gasteiger partial charge in [-0.1, -0.05) is 78.9 Å². The van der Waals surface area contributed by atoms with Crippen LogP contribution in [0.5, 0.6) is 0 Å². The van der Waals surface area contributed by atoms with Gasteiger partial charge in [-0.2, -0.15) is 0 Å². The molecule has 0 radical (unpaired) electrons. The van der Waals surface area contributed by atoms with Gasteiger partial charge in [-0.15, -0.1) is 0 Å². The molecule has 0 bridgehead atoms. The van der Waals surface area contributed by atoms with Gasteiger partial charge in [0, 0.05) is 13.1 Å². The zero-order valence-corrected chi connectivity index (χ0v) is 14.6. The molecule has 0 fully saturated rings. The second kappa shape index (κ2) is 7.14. The molecule has 0 saturated carbocycles. The van der Waals surface area contributed by atoms with Crippen molar-refractivity contribution < 1.29 is 4.79 Å². The third-order valence-corrected chi connectivity index (χ3v) is 4.99. The summed E-state index contributed by atoms with van der Waals surface area (Å²) in [6.07, 6.45) is 0.556. The van der Waals surface area contributed by atoms with E-state index in [9.17, 15) is 4.79 Å². The SMILES string of the molecule is N[C@H](Cc1ccc(-c2ccccc2)cc1)C(=O)N1Cc2ccccc2C1. The fourth-order valence-corrected chi connectivity index (χ4v) is 3.53. The van der Waals surface area contributed by atoms with Crippen molar-refractivity contribution in [3.8, 4) is 11.1 Å². The highest BCUT2D eigenvalue weighted by molar-refractivity contribution is 5.82. The molecule has 26 heavy (non-hydrogen) atoms. The zero-order chi connectivity index (χ0) is 17.9. The molecule has 4 rings (SSSR count). The fraction of sp³-hybridized carbons (Fsp3) is 0.174. The largest absolute Gasteiger partial charge is 0.333 e. The van der Waals surface area contributed by atoms with Crippen LogP contribution in [0.1, 0.15) is 16.7 Å². The Balaban J connectivity index is 1.40. The number of nitrogens with two attached hydrogens (primary N) is 1. The average Bonchev–Trinajstić information content (AvgIpc) is 3.13. The molecule has 3 heteroatoms. The quantitative estimate of drug-likeness (QED) is 0.784. The number of amides is 1. The van der Waals surface area contributed by atoms with Crippen LogP contribution in [0.25, 0.3) is 11.1 Å². The number of nitrogens with zero attached hydrogens (tertiary/aromatic N) is 1. The number of carbonyl (C=O) groups is 1. The van der Waals surface area contributed by atoms with E-state index in [4.69, 9.17) is 5.73 Å². The van der Waals surface area contributed by atoms with Crippen molar-refractivity contribution in [1.29, 1.82) is 0 Å². The van der Waals surface area contributed by atoms with Crippen molar-refractivity contribution in [1.82, 2.24) is 4.90 Å². The number of hydrogen-bond donors (Lipinski definition) is 1. The number of carbonyl (C=O) groups excluding carboxylic acids is 1. The lowest BCUT2D eigenvalue weighted by molar-refractivity contribution is -0.133. The Labute approximate surface area is 154 Å². The lowest BCUT2D eigenvalue weighted by atomic mass is 10.0. The molecular formula is C23H22N2O. The van der Waals surface area contributed by atoms with Crippen LogP contribution in [-0.4, -0.2) is 16.8 Å². The minimum atomic E-state index is -0.508. The van der Waals surface area contributed by atoms with Gasteiger partial charge in [-0.3, -0.25) is 4.79 Å². The molecule has 1 aliphatic rings. The molecule has 3 aromatic carbocycles. The molecule has 0 aliphatic carbocycles. The average molecular weight is 342 g/mol. The Hall–Kier alpha value is -2.91. The van der Waals surface area contributed by atoms with E-state index >= 15 is 0 Å². The van der Waals surface area contributed by atoms with Crippen LogP contribution in [0.3, 0.4) is 0 Å². The first kappa shape index (κ1) is 16.6. The van der Waals surface area contributed by atoms with Crippen LogP contribution in [0.2, 0.25) is 0 Å². The lowest BCUT2D eigenvalue weighted by Crippen LogP contribution is -2.42. The molecule has 0 aromatic heterocycles. The van der Waals surface area contributed by atoms with Crippen LogP contribution < -0.4 is 5.73 Å². The van der Waals surface area contributed by atoms with E-state index in [1.807, 2.05) is 35.2 Å². The third kappa shape index (κ3) is 3.39. The second-order valence-electron chi connectivity index (χ2n) is 6.84. The highest BCUT2D eigenvalue weighted by Crippen LogP contribution is 2.23. The molecule has 1 amide bonds. The summed E-state index contributed by atoms with van der Waals surface area (Å²) >= 11 is 0. The Morgan fingerprint density at radius 1 is 0.808 bits per heavy atom. The van der Waals surface area contributed by atoms with E-state index in [1.165, 1.54) is 22.3 Å². The number of rotatable bonds is 4. The Kier molecular flexibility index (Phi) is 4.55. The molecule has 0 saturated heterocycles. The maximum absolute atomic E-state index is 12.7. The van der Waals surface area contributed by atoms with Crippen molar-refractivity contribution in [2.24, 2.45) is 5.73 Å². The van der Waals surface area contributed by atoms with Crippen molar-refractivity contribution in [3.05, 3.63) is 95.6 Å². The molecule has 1 aliphatic heterocycles. The van der Waals surface area contributed by atoms with Crippen LogP contribution in [0, 0.1) is 0 Å². The molecule has 1 heterocycles. The molecule has 0 unspecified atom stereocenters. The van der Waals surface area contributed by atoms with Crippen molar-refractivity contribution in [3.63, 3.8) is 0 Å². The first-order chi connectivity index (χ1) is 12.7. The number of hydrogen-bond acceptors (Lipinski definition) is 2. The molecule has 2 N–H and O–H groups in total. The molecule has 0 spiro atoms. The standard InChI is InChI=1S/C23H22N2O/c24-22(23(26)25-15-20-8-4-5-9-21(20)16-25)14-17-10-12-19(13-11-17)18-6-2-1-3-7-18/h1-13,22H,14-16,24H2/t22-/m1/s1. The maximum Gasteiger partial charge on any atom is 0.240 e. The molecule has 3 nitrogen and oxygen atoms in total. The van der Waals surface area contributed by atoms with Crippen LogP contribution in [0.4, 0.5) is 0 Å². The summed E-state index contributed by atoms with van der Waals surface area (Å²) in [5.41, 5.74) is 12.1. The number of fused-ring (bicyclic) bond motifs is 1. The van der Waals surface area contributed by atoms with Gasteiger partial charge in [0.25, 0.3) is 0 Å². The predicted octanol–water partition coefficient (Wildman–Crippen LogP) is 3.77. The highest BCUT2D eigenvalue weighted by atomic mass is 16.2. The number of benzene rings is 3. The van der Waals surface area contributed by atoms with Gasteiger partial charge in [0.05, 0.1) is 6.04 Å². The Morgan fingerprint density at radius 3 is 1.96 bits per heavy atom. The van der Waals surface area contributed by atoms with E-state index < -0.39 is 6.04 Å². The van der Waals surface area contributed by atoms with Crippen molar-refractivity contribution >= 4 is 5.91 Å². The summed E-state index contributed by atoms with van der Waals surface area (Å²) < 4.78 is 0. The van der Waals surface area contributed by atoms with Gasteiger partial charge in [0.2, 0.25) is 5.91 Å². The minimum Gasteiger partial charge on any atom is -0.333 e. The fourth-order valence-electron chi connectivity index (χ4n) is 3.53. The van der Waals surface area contributed by atoms with Crippen molar-refractivity contribution in [2.75, 3.05) is 0 Å². The topological polar surface area (TPSA) is 46.3 Å². The van der Waals surface area contributed by atoms with Crippen LogP contribution >= 0.6 is 0 Å². The molecule has 3 aromatic rings. The predicted molar refractivity (Wildman–Crippen MR) is 104 cm³/mol. The molecule has 1 atom stereocenters. The van der Waals surface area contributed by atoms with E-state index in [1.54, 1.807) is 0 Å². The second-order valence-corrected chi connectivity index (χ2v) is 6.84. The van der Waals surface area contributed by atoms with Crippen LogP contribution in [0.15, 0.2) is 78.9 Å². The summed E-state index contributed by atoms with van der Waals surface area (Å²) in [6, 6.07) is 26.3. The molecular weight excluding hydrogens is 320 g/mol. The van der Waals surface area contributed by atoms with E-state index in [0.29, 0.717) is 19.5 Å². The van der Waals surface area contributed by atoms with Gasteiger partial charge in [0.1, 0.15) is 0 Å². The first-order valence-corrected chi connectivity index (χ1v) is 8.96. The van der Waals surface area contributed by atoms with Gasteiger partial charge in [-0.25, -0.2) is 0 Å². The Bertz CT molecular complexity index is 878. The summed E-state index contributed by atoms with van der Waals surface area (Å²) in [5, 5.41) is 0. The summed E-state index contributed by atoms with van der Waals surface area (Å²) in [5.74, 6) is 0.0216. The Morgan fingerprint density at radius 2 is 1.35 bits per heavy atom. The molecule has 130 valence electrons.